The molecule has 3 N–H and O–H groups in total. The van der Waals surface area contributed by atoms with E-state index in [0.29, 0.717) is 0 Å². The fourth-order valence-electron chi connectivity index (χ4n) is 1.99. The van der Waals surface area contributed by atoms with Gasteiger partial charge < -0.3 is 10.8 Å². The summed E-state index contributed by atoms with van der Waals surface area (Å²) in [7, 11) is 0. The van der Waals surface area contributed by atoms with E-state index in [1.165, 1.54) is 11.1 Å². The van der Waals surface area contributed by atoms with Gasteiger partial charge >= 0.3 is 0 Å². The number of aliphatic hydroxyl groups is 1. The third kappa shape index (κ3) is 1.45. The molecule has 2 heteroatoms. The van der Waals surface area contributed by atoms with Crippen LogP contribution < -0.4 is 5.73 Å². The maximum atomic E-state index is 9.30. The van der Waals surface area contributed by atoms with Crippen LogP contribution in [0.5, 0.6) is 0 Å². The molecule has 76 valence electrons. The van der Waals surface area contributed by atoms with E-state index >= 15 is 0 Å². The predicted molar refractivity (Wildman–Crippen MR) is 56.9 cm³/mol. The van der Waals surface area contributed by atoms with Gasteiger partial charge in [-0.3, -0.25) is 0 Å². The molecule has 1 atom stereocenters. The molecule has 1 aliphatic carbocycles. The lowest BCUT2D eigenvalue weighted by atomic mass is 9.89. The van der Waals surface area contributed by atoms with Gasteiger partial charge in [-0.15, -0.1) is 0 Å². The highest BCUT2D eigenvalue weighted by Gasteiger charge is 2.48. The van der Waals surface area contributed by atoms with E-state index in [2.05, 4.69) is 19.1 Å². The van der Waals surface area contributed by atoms with Gasteiger partial charge in [0.05, 0.1) is 6.61 Å². The molecule has 0 spiro atoms. The van der Waals surface area contributed by atoms with E-state index in [9.17, 15) is 5.11 Å². The summed E-state index contributed by atoms with van der Waals surface area (Å²) in [5, 5.41) is 9.30. The molecular formula is C12H17NO. The Kier molecular flexibility index (Phi) is 2.33. The van der Waals surface area contributed by atoms with Crippen LogP contribution in [0.15, 0.2) is 24.3 Å². The van der Waals surface area contributed by atoms with E-state index in [0.717, 1.165) is 12.8 Å². The summed E-state index contributed by atoms with van der Waals surface area (Å²) in [5.41, 5.74) is 8.57. The zero-order valence-corrected chi connectivity index (χ0v) is 8.53. The van der Waals surface area contributed by atoms with Crippen molar-refractivity contribution in [3.8, 4) is 0 Å². The first-order chi connectivity index (χ1) is 6.69. The van der Waals surface area contributed by atoms with Crippen LogP contribution in [0.2, 0.25) is 0 Å². The molecule has 0 radical (unpaired) electrons. The molecule has 1 aliphatic rings. The molecule has 1 saturated carbocycles. The van der Waals surface area contributed by atoms with Crippen LogP contribution in [0.25, 0.3) is 0 Å². The van der Waals surface area contributed by atoms with Crippen LogP contribution in [-0.4, -0.2) is 11.7 Å². The molecule has 1 aromatic carbocycles. The fraction of sp³-hybridized carbons (Fsp3) is 0.500. The van der Waals surface area contributed by atoms with Crippen LogP contribution in [0.4, 0.5) is 0 Å². The van der Waals surface area contributed by atoms with Crippen LogP contribution in [0, 0.1) is 12.3 Å². The largest absolute Gasteiger partial charge is 0.396 e. The van der Waals surface area contributed by atoms with Gasteiger partial charge in [-0.1, -0.05) is 24.3 Å². The topological polar surface area (TPSA) is 46.2 Å². The number of hydrogen-bond donors (Lipinski definition) is 2. The summed E-state index contributed by atoms with van der Waals surface area (Å²) in [6, 6.07) is 8.16. The van der Waals surface area contributed by atoms with Crippen LogP contribution in [0.3, 0.4) is 0 Å². The first-order valence-electron chi connectivity index (χ1n) is 5.11. The van der Waals surface area contributed by atoms with Gasteiger partial charge in [-0.05, 0) is 30.9 Å². The number of hydrogen-bond acceptors (Lipinski definition) is 2. The number of aryl methyl sites for hydroxylation is 1. The monoisotopic (exact) mass is 191 g/mol. The Morgan fingerprint density at radius 2 is 2.07 bits per heavy atom. The van der Waals surface area contributed by atoms with E-state index in [1.807, 2.05) is 12.1 Å². The van der Waals surface area contributed by atoms with Crippen molar-refractivity contribution in [3.63, 3.8) is 0 Å². The van der Waals surface area contributed by atoms with Crippen LogP contribution in [-0.2, 0) is 0 Å². The summed E-state index contributed by atoms with van der Waals surface area (Å²) in [5.74, 6) is 0. The second-order valence-corrected chi connectivity index (χ2v) is 4.35. The maximum Gasteiger partial charge on any atom is 0.0505 e. The minimum atomic E-state index is -0.0217. The Balaban J connectivity index is 2.27. The van der Waals surface area contributed by atoms with Gasteiger partial charge in [0.2, 0.25) is 0 Å². The highest BCUT2D eigenvalue weighted by Crippen LogP contribution is 2.53. The molecule has 14 heavy (non-hydrogen) atoms. The molecular weight excluding hydrogens is 174 g/mol. The Labute approximate surface area is 84.7 Å². The molecule has 0 bridgehead atoms. The van der Waals surface area contributed by atoms with E-state index in [4.69, 9.17) is 5.73 Å². The minimum absolute atomic E-state index is 0.00583. The molecule has 0 aliphatic heterocycles. The van der Waals surface area contributed by atoms with Crippen molar-refractivity contribution in [2.24, 2.45) is 11.1 Å². The molecule has 1 fully saturated rings. The first-order valence-corrected chi connectivity index (χ1v) is 5.11. The summed E-state index contributed by atoms with van der Waals surface area (Å²) in [6.07, 6.45) is 2.11. The third-order valence-corrected chi connectivity index (χ3v) is 3.39. The first kappa shape index (κ1) is 9.69. The molecule has 1 aromatic rings. The normalized spacial score (nSPS) is 20.5. The van der Waals surface area contributed by atoms with Gasteiger partial charge in [0.25, 0.3) is 0 Å². The highest BCUT2D eigenvalue weighted by atomic mass is 16.3. The smallest absolute Gasteiger partial charge is 0.0505 e. The lowest BCUT2D eigenvalue weighted by Crippen LogP contribution is -2.26. The third-order valence-electron chi connectivity index (χ3n) is 3.39. The Hall–Kier alpha value is -0.860. The molecule has 2 rings (SSSR count). The number of rotatable bonds is 3. The second-order valence-electron chi connectivity index (χ2n) is 4.35. The average Bonchev–Trinajstić information content (AvgIpc) is 2.98. The van der Waals surface area contributed by atoms with Gasteiger partial charge in [-0.2, -0.15) is 0 Å². The average molecular weight is 191 g/mol. The number of benzene rings is 1. The van der Waals surface area contributed by atoms with Gasteiger partial charge in [0, 0.05) is 11.5 Å². The van der Waals surface area contributed by atoms with Crippen molar-refractivity contribution in [1.29, 1.82) is 0 Å². The van der Waals surface area contributed by atoms with Crippen molar-refractivity contribution in [3.05, 3.63) is 35.4 Å². The Bertz CT molecular complexity index is 331. The zero-order valence-electron chi connectivity index (χ0n) is 8.53. The van der Waals surface area contributed by atoms with Gasteiger partial charge in [-0.25, -0.2) is 0 Å². The lowest BCUT2D eigenvalue weighted by Gasteiger charge is -2.22. The summed E-state index contributed by atoms with van der Waals surface area (Å²) < 4.78 is 0. The summed E-state index contributed by atoms with van der Waals surface area (Å²) >= 11 is 0. The SMILES string of the molecule is Cc1ccccc1C(N)C1(CO)CC1. The highest BCUT2D eigenvalue weighted by molar-refractivity contribution is 5.31. The van der Waals surface area contributed by atoms with E-state index < -0.39 is 0 Å². The van der Waals surface area contributed by atoms with Crippen molar-refractivity contribution in [1.82, 2.24) is 0 Å². The van der Waals surface area contributed by atoms with Gasteiger partial charge in [0.15, 0.2) is 0 Å². The summed E-state index contributed by atoms with van der Waals surface area (Å²) in [4.78, 5) is 0. The summed E-state index contributed by atoms with van der Waals surface area (Å²) in [6.45, 7) is 2.28. The molecule has 0 aromatic heterocycles. The zero-order chi connectivity index (χ0) is 10.2. The van der Waals surface area contributed by atoms with Crippen molar-refractivity contribution in [2.45, 2.75) is 25.8 Å². The minimum Gasteiger partial charge on any atom is -0.396 e. The molecule has 2 nitrogen and oxygen atoms in total. The quantitative estimate of drug-likeness (QED) is 0.764. The van der Waals surface area contributed by atoms with Crippen molar-refractivity contribution in [2.75, 3.05) is 6.61 Å². The standard InChI is InChI=1S/C12H17NO/c1-9-4-2-3-5-10(9)11(13)12(8-14)6-7-12/h2-5,11,14H,6-8,13H2,1H3. The maximum absolute atomic E-state index is 9.30. The van der Waals surface area contributed by atoms with Gasteiger partial charge in [0.1, 0.15) is 0 Å². The van der Waals surface area contributed by atoms with Crippen LogP contribution in [0.1, 0.15) is 30.0 Å². The fourth-order valence-corrected chi connectivity index (χ4v) is 1.99. The number of nitrogens with two attached hydrogens (primary N) is 1. The molecule has 0 heterocycles. The van der Waals surface area contributed by atoms with Crippen molar-refractivity contribution >= 4 is 0 Å². The molecule has 1 unspecified atom stereocenters. The Morgan fingerprint density at radius 3 is 2.57 bits per heavy atom. The lowest BCUT2D eigenvalue weighted by molar-refractivity contribution is 0.187. The van der Waals surface area contributed by atoms with E-state index in [1.54, 1.807) is 0 Å². The van der Waals surface area contributed by atoms with E-state index in [-0.39, 0.29) is 18.1 Å². The Morgan fingerprint density at radius 1 is 1.43 bits per heavy atom. The predicted octanol–water partition coefficient (Wildman–Crippen LogP) is 1.77. The second kappa shape index (κ2) is 3.37. The molecule has 0 amide bonds. The van der Waals surface area contributed by atoms with Crippen molar-refractivity contribution < 1.29 is 5.11 Å². The van der Waals surface area contributed by atoms with Crippen LogP contribution >= 0.6 is 0 Å². The number of aliphatic hydroxyl groups excluding tert-OH is 1. The molecule has 0 saturated heterocycles.